The number of rotatable bonds is 1. The Morgan fingerprint density at radius 1 is 0.750 bits per heavy atom. The monoisotopic (exact) mass is 254 g/mol. The summed E-state index contributed by atoms with van der Waals surface area (Å²) in [6.07, 6.45) is 1.95. The largest absolute Gasteiger partial charge is 0.255 e. The molecule has 1 heteroatoms. The molecule has 1 nitrogen and oxygen atoms in total. The number of aromatic nitrogens is 1. The molecule has 0 amide bonds. The first kappa shape index (κ1) is 11.2. The van der Waals surface area contributed by atoms with Gasteiger partial charge in [0.1, 0.15) is 0 Å². The molecule has 0 aliphatic heterocycles. The fraction of sp³-hybridized carbons (Fsp3) is 0. The molecule has 0 spiro atoms. The lowest BCUT2D eigenvalue weighted by Gasteiger charge is -2.08. The molecule has 0 aliphatic rings. The highest BCUT2D eigenvalue weighted by Gasteiger charge is 2.07. The maximum atomic E-state index is 4.67. The van der Waals surface area contributed by atoms with E-state index < -0.39 is 0 Å². The molecule has 1 aromatic heterocycles. The van der Waals surface area contributed by atoms with Crippen LogP contribution in [-0.2, 0) is 0 Å². The molecular formula is C19H12N. The van der Waals surface area contributed by atoms with Gasteiger partial charge in [0.25, 0.3) is 0 Å². The molecule has 0 aliphatic carbocycles. The van der Waals surface area contributed by atoms with Gasteiger partial charge in [-0.2, -0.15) is 0 Å². The van der Waals surface area contributed by atoms with Gasteiger partial charge < -0.3 is 0 Å². The van der Waals surface area contributed by atoms with Crippen molar-refractivity contribution in [3.05, 3.63) is 79.0 Å². The minimum absolute atomic E-state index is 1.04. The SMILES string of the molecule is [c]1ccccc1-c1cccc2c1ncc1ccccc12. The number of hydrogen-bond acceptors (Lipinski definition) is 1. The van der Waals surface area contributed by atoms with E-state index in [4.69, 9.17) is 0 Å². The average Bonchev–Trinajstić information content (AvgIpc) is 2.55. The zero-order valence-electron chi connectivity index (χ0n) is 10.9. The van der Waals surface area contributed by atoms with Crippen molar-refractivity contribution in [1.29, 1.82) is 0 Å². The molecule has 1 radical (unpaired) electrons. The summed E-state index contributed by atoms with van der Waals surface area (Å²) in [7, 11) is 0. The normalized spacial score (nSPS) is 11.0. The molecule has 0 unspecified atom stereocenters. The van der Waals surface area contributed by atoms with Crippen molar-refractivity contribution in [1.82, 2.24) is 4.98 Å². The molecule has 4 aromatic rings. The first-order chi connectivity index (χ1) is 9.93. The molecule has 93 valence electrons. The number of nitrogens with zero attached hydrogens (tertiary/aromatic N) is 1. The van der Waals surface area contributed by atoms with Gasteiger partial charge in [0, 0.05) is 22.5 Å². The van der Waals surface area contributed by atoms with Crippen LogP contribution in [0.1, 0.15) is 0 Å². The van der Waals surface area contributed by atoms with E-state index in [2.05, 4.69) is 53.5 Å². The summed E-state index contributed by atoms with van der Waals surface area (Å²) >= 11 is 0. The summed E-state index contributed by atoms with van der Waals surface area (Å²) in [6.45, 7) is 0. The van der Waals surface area contributed by atoms with Crippen molar-refractivity contribution in [3.63, 3.8) is 0 Å². The number of benzene rings is 3. The van der Waals surface area contributed by atoms with E-state index in [0.29, 0.717) is 0 Å². The molecule has 0 saturated heterocycles. The average molecular weight is 254 g/mol. The molecule has 20 heavy (non-hydrogen) atoms. The number of para-hydroxylation sites is 1. The zero-order valence-corrected chi connectivity index (χ0v) is 10.9. The van der Waals surface area contributed by atoms with Gasteiger partial charge in [-0.3, -0.25) is 4.98 Å². The first-order valence-corrected chi connectivity index (χ1v) is 6.67. The second-order valence-corrected chi connectivity index (χ2v) is 4.82. The standard InChI is InChI=1S/C19H12N/c1-2-7-14(8-3-1)17-11-6-12-18-16-10-5-4-9-15(16)13-20-19(17)18/h1-7,9-13H. The second kappa shape index (κ2) is 4.46. The van der Waals surface area contributed by atoms with E-state index in [9.17, 15) is 0 Å². The van der Waals surface area contributed by atoms with Crippen molar-refractivity contribution in [2.24, 2.45) is 0 Å². The van der Waals surface area contributed by atoms with Crippen LogP contribution in [0.3, 0.4) is 0 Å². The van der Waals surface area contributed by atoms with Crippen LogP contribution in [0.4, 0.5) is 0 Å². The number of hydrogen-bond donors (Lipinski definition) is 0. The van der Waals surface area contributed by atoms with Crippen LogP contribution in [0.5, 0.6) is 0 Å². The summed E-state index contributed by atoms with van der Waals surface area (Å²) in [4.78, 5) is 4.67. The molecule has 4 rings (SSSR count). The zero-order chi connectivity index (χ0) is 13.4. The first-order valence-electron chi connectivity index (χ1n) is 6.67. The molecule has 0 atom stereocenters. The summed E-state index contributed by atoms with van der Waals surface area (Å²) < 4.78 is 0. The third-order valence-corrected chi connectivity index (χ3v) is 3.62. The molecule has 1 heterocycles. The van der Waals surface area contributed by atoms with Crippen LogP contribution in [0, 0.1) is 6.07 Å². The van der Waals surface area contributed by atoms with Crippen LogP contribution >= 0.6 is 0 Å². The third-order valence-electron chi connectivity index (χ3n) is 3.62. The molecular weight excluding hydrogens is 242 g/mol. The van der Waals surface area contributed by atoms with Gasteiger partial charge in [0.15, 0.2) is 0 Å². The molecule has 0 fully saturated rings. The summed E-state index contributed by atoms with van der Waals surface area (Å²) in [5.41, 5.74) is 3.25. The van der Waals surface area contributed by atoms with Gasteiger partial charge in [-0.1, -0.05) is 66.7 Å². The van der Waals surface area contributed by atoms with E-state index in [1.165, 1.54) is 16.2 Å². The van der Waals surface area contributed by atoms with Gasteiger partial charge in [-0.05, 0) is 17.0 Å². The maximum Gasteiger partial charge on any atom is 0.0786 e. The van der Waals surface area contributed by atoms with E-state index in [1.54, 1.807) is 0 Å². The van der Waals surface area contributed by atoms with Gasteiger partial charge in [-0.25, -0.2) is 0 Å². The molecule has 0 bridgehead atoms. The molecule has 0 N–H and O–H groups in total. The van der Waals surface area contributed by atoms with Crippen LogP contribution in [0.2, 0.25) is 0 Å². The van der Waals surface area contributed by atoms with Crippen molar-refractivity contribution in [2.45, 2.75) is 0 Å². The Balaban J connectivity index is 2.12. The Labute approximate surface area is 117 Å². The minimum Gasteiger partial charge on any atom is -0.255 e. The minimum atomic E-state index is 1.04. The highest BCUT2D eigenvalue weighted by molar-refractivity contribution is 6.09. The van der Waals surface area contributed by atoms with Crippen molar-refractivity contribution in [3.8, 4) is 11.1 Å². The van der Waals surface area contributed by atoms with Crippen LogP contribution < -0.4 is 0 Å². The number of fused-ring (bicyclic) bond motifs is 3. The van der Waals surface area contributed by atoms with Gasteiger partial charge in [0.05, 0.1) is 5.52 Å². The van der Waals surface area contributed by atoms with Crippen molar-refractivity contribution in [2.75, 3.05) is 0 Å². The summed E-state index contributed by atoms with van der Waals surface area (Å²) in [5.74, 6) is 0. The molecule has 0 saturated carbocycles. The summed E-state index contributed by atoms with van der Waals surface area (Å²) in [5, 5.41) is 3.61. The van der Waals surface area contributed by atoms with E-state index in [0.717, 1.165) is 16.6 Å². The predicted molar refractivity (Wildman–Crippen MR) is 83.5 cm³/mol. The predicted octanol–water partition coefficient (Wildman–Crippen LogP) is 4.86. The third kappa shape index (κ3) is 1.68. The Bertz CT molecular complexity index is 895. The molecule has 3 aromatic carbocycles. The van der Waals surface area contributed by atoms with Crippen LogP contribution in [-0.4, -0.2) is 4.98 Å². The van der Waals surface area contributed by atoms with Gasteiger partial charge in [-0.15, -0.1) is 0 Å². The highest BCUT2D eigenvalue weighted by Crippen LogP contribution is 2.30. The maximum absolute atomic E-state index is 4.67. The van der Waals surface area contributed by atoms with Crippen LogP contribution in [0.25, 0.3) is 32.8 Å². The lowest BCUT2D eigenvalue weighted by Crippen LogP contribution is -1.86. The lowest BCUT2D eigenvalue weighted by molar-refractivity contribution is 1.44. The van der Waals surface area contributed by atoms with E-state index in [1.807, 2.05) is 30.5 Å². The summed E-state index contributed by atoms with van der Waals surface area (Å²) in [6, 6.07) is 26.0. The Morgan fingerprint density at radius 3 is 2.50 bits per heavy atom. The van der Waals surface area contributed by atoms with E-state index >= 15 is 0 Å². The van der Waals surface area contributed by atoms with Gasteiger partial charge in [0.2, 0.25) is 0 Å². The van der Waals surface area contributed by atoms with Gasteiger partial charge >= 0.3 is 0 Å². The smallest absolute Gasteiger partial charge is 0.0786 e. The Hall–Kier alpha value is -2.67. The number of pyridine rings is 1. The van der Waals surface area contributed by atoms with Crippen molar-refractivity contribution >= 4 is 21.7 Å². The van der Waals surface area contributed by atoms with Crippen molar-refractivity contribution < 1.29 is 0 Å². The topological polar surface area (TPSA) is 12.9 Å². The second-order valence-electron chi connectivity index (χ2n) is 4.82. The van der Waals surface area contributed by atoms with E-state index in [-0.39, 0.29) is 0 Å². The quantitative estimate of drug-likeness (QED) is 0.442. The fourth-order valence-corrected chi connectivity index (χ4v) is 2.67. The Morgan fingerprint density at radius 2 is 1.60 bits per heavy atom. The fourth-order valence-electron chi connectivity index (χ4n) is 2.67. The lowest BCUT2D eigenvalue weighted by atomic mass is 9.99. The Kier molecular flexibility index (Phi) is 2.49. The highest BCUT2D eigenvalue weighted by atomic mass is 14.7. The van der Waals surface area contributed by atoms with Crippen LogP contribution in [0.15, 0.2) is 72.9 Å².